The standard InChI is InChI=1S/C22H29F2N5O4/c1-22(2,3)33-21(30)25-11-13-5-4-10-27(12-13)18-16(29(31)32)9-8-15-17(18)26-20(19(23)24)28(15)14-6-7-14/h8-9,13-14,19H,4-7,10-12H2,1-3H3,(H,25,30)/t13-/m1/s1. The molecule has 1 atom stereocenters. The molecule has 0 radical (unpaired) electrons. The number of carbonyl (C=O) groups excluding carboxylic acids is 1. The zero-order chi connectivity index (χ0) is 23.9. The summed E-state index contributed by atoms with van der Waals surface area (Å²) in [6, 6.07) is 2.87. The van der Waals surface area contributed by atoms with Crippen LogP contribution in [0, 0.1) is 16.0 Å². The van der Waals surface area contributed by atoms with Crippen LogP contribution in [0.5, 0.6) is 0 Å². The molecule has 180 valence electrons. The Bertz CT molecular complexity index is 1060. The Kier molecular flexibility index (Phi) is 6.15. The molecule has 1 aromatic carbocycles. The number of carbonyl (C=O) groups is 1. The van der Waals surface area contributed by atoms with Crippen molar-refractivity contribution in [1.82, 2.24) is 14.9 Å². The maximum atomic E-state index is 13.8. The van der Waals surface area contributed by atoms with Gasteiger partial charge in [0.1, 0.15) is 16.8 Å². The number of imidazole rings is 1. The second-order valence-electron chi connectivity index (χ2n) is 9.77. The van der Waals surface area contributed by atoms with Crippen molar-refractivity contribution in [2.75, 3.05) is 24.5 Å². The molecule has 2 fully saturated rings. The van der Waals surface area contributed by atoms with Crippen LogP contribution in [0.3, 0.4) is 0 Å². The van der Waals surface area contributed by atoms with Gasteiger partial charge in [-0.05, 0) is 58.4 Å². The fourth-order valence-corrected chi connectivity index (χ4v) is 4.46. The van der Waals surface area contributed by atoms with E-state index in [1.807, 2.05) is 4.90 Å². The Hall–Kier alpha value is -2.98. The van der Waals surface area contributed by atoms with Crippen LogP contribution in [0.1, 0.15) is 64.7 Å². The number of anilines is 1. The van der Waals surface area contributed by atoms with Crippen molar-refractivity contribution in [3.05, 3.63) is 28.1 Å². The molecule has 2 aliphatic rings. The second kappa shape index (κ2) is 8.75. The molecule has 1 aliphatic carbocycles. The molecule has 0 bridgehead atoms. The summed E-state index contributed by atoms with van der Waals surface area (Å²) in [6.45, 7) is 6.68. The van der Waals surface area contributed by atoms with E-state index in [0.29, 0.717) is 25.2 Å². The number of aromatic nitrogens is 2. The average molecular weight is 466 g/mol. The first kappa shape index (κ1) is 23.2. The first-order valence-electron chi connectivity index (χ1n) is 11.2. The number of nitro benzene ring substituents is 1. The molecule has 11 heteroatoms. The minimum Gasteiger partial charge on any atom is -0.444 e. The van der Waals surface area contributed by atoms with E-state index in [9.17, 15) is 23.7 Å². The molecule has 0 spiro atoms. The van der Waals surface area contributed by atoms with Crippen LogP contribution in [0.25, 0.3) is 11.0 Å². The lowest BCUT2D eigenvalue weighted by atomic mass is 9.97. The van der Waals surface area contributed by atoms with Gasteiger partial charge < -0.3 is 19.5 Å². The highest BCUT2D eigenvalue weighted by atomic mass is 19.3. The van der Waals surface area contributed by atoms with Crippen LogP contribution in [0.2, 0.25) is 0 Å². The summed E-state index contributed by atoms with van der Waals surface area (Å²) in [5.41, 5.74) is 0.265. The van der Waals surface area contributed by atoms with Gasteiger partial charge in [-0.1, -0.05) is 0 Å². The van der Waals surface area contributed by atoms with Gasteiger partial charge in [-0.15, -0.1) is 0 Å². The van der Waals surface area contributed by atoms with Gasteiger partial charge in [0, 0.05) is 31.7 Å². The number of piperidine rings is 1. The molecule has 1 aromatic heterocycles. The maximum Gasteiger partial charge on any atom is 0.407 e. The van der Waals surface area contributed by atoms with E-state index in [0.717, 1.165) is 25.7 Å². The Labute approximate surface area is 190 Å². The number of benzene rings is 1. The predicted octanol–water partition coefficient (Wildman–Crippen LogP) is 4.96. The number of hydrogen-bond acceptors (Lipinski definition) is 6. The number of alkyl halides is 2. The second-order valence-corrected chi connectivity index (χ2v) is 9.77. The van der Waals surface area contributed by atoms with Gasteiger partial charge in [-0.2, -0.15) is 0 Å². The van der Waals surface area contributed by atoms with Gasteiger partial charge >= 0.3 is 6.09 Å². The lowest BCUT2D eigenvalue weighted by molar-refractivity contribution is -0.384. The highest BCUT2D eigenvalue weighted by molar-refractivity contribution is 5.95. The lowest BCUT2D eigenvalue weighted by Crippen LogP contribution is -2.42. The number of nitrogens with one attached hydrogen (secondary N) is 1. The third-order valence-electron chi connectivity index (χ3n) is 5.91. The van der Waals surface area contributed by atoms with Crippen molar-refractivity contribution in [1.29, 1.82) is 0 Å². The van der Waals surface area contributed by atoms with E-state index >= 15 is 0 Å². The number of nitrogens with zero attached hydrogens (tertiary/aromatic N) is 4. The molecular formula is C22H29F2N5O4. The van der Waals surface area contributed by atoms with Gasteiger partial charge in [0.25, 0.3) is 12.1 Å². The van der Waals surface area contributed by atoms with Crippen molar-refractivity contribution in [3.63, 3.8) is 0 Å². The van der Waals surface area contributed by atoms with Crippen LogP contribution in [0.15, 0.2) is 12.1 Å². The normalized spacial score (nSPS) is 19.2. The monoisotopic (exact) mass is 465 g/mol. The number of rotatable bonds is 6. The van der Waals surface area contributed by atoms with E-state index in [1.165, 1.54) is 12.1 Å². The van der Waals surface area contributed by atoms with Gasteiger partial charge in [0.15, 0.2) is 5.82 Å². The fraction of sp³-hybridized carbons (Fsp3) is 0.636. The highest BCUT2D eigenvalue weighted by Crippen LogP contribution is 2.45. The van der Waals surface area contributed by atoms with Gasteiger partial charge in [-0.3, -0.25) is 10.1 Å². The third kappa shape index (κ3) is 5.01. The number of fused-ring (bicyclic) bond motifs is 1. The van der Waals surface area contributed by atoms with Crippen molar-refractivity contribution in [2.45, 2.75) is 64.5 Å². The van der Waals surface area contributed by atoms with Crippen LogP contribution < -0.4 is 10.2 Å². The SMILES string of the molecule is CC(C)(C)OC(=O)NC[C@H]1CCCN(c2c([N+](=O)[O-])ccc3c2nc(C(F)F)n3C2CC2)C1. The largest absolute Gasteiger partial charge is 0.444 e. The van der Waals surface area contributed by atoms with E-state index < -0.39 is 23.0 Å². The van der Waals surface area contributed by atoms with Crippen molar-refractivity contribution in [3.8, 4) is 0 Å². The average Bonchev–Trinajstić information content (AvgIpc) is 3.49. The van der Waals surface area contributed by atoms with E-state index in [4.69, 9.17) is 4.74 Å². The Morgan fingerprint density at radius 2 is 2.06 bits per heavy atom. The fourth-order valence-electron chi connectivity index (χ4n) is 4.46. The van der Waals surface area contributed by atoms with Gasteiger partial charge in [-0.25, -0.2) is 18.6 Å². The summed E-state index contributed by atoms with van der Waals surface area (Å²) in [4.78, 5) is 29.4. The molecule has 33 heavy (non-hydrogen) atoms. The maximum absolute atomic E-state index is 13.8. The zero-order valence-electron chi connectivity index (χ0n) is 19.0. The molecule has 4 rings (SSSR count). The molecule has 1 aliphatic heterocycles. The molecule has 1 saturated carbocycles. The lowest BCUT2D eigenvalue weighted by Gasteiger charge is -2.34. The highest BCUT2D eigenvalue weighted by Gasteiger charge is 2.35. The quantitative estimate of drug-likeness (QED) is 0.478. The minimum atomic E-state index is -2.77. The summed E-state index contributed by atoms with van der Waals surface area (Å²) < 4.78 is 34.3. The number of nitro groups is 1. The number of amides is 1. The molecule has 1 saturated heterocycles. The molecule has 2 aromatic rings. The van der Waals surface area contributed by atoms with E-state index in [-0.39, 0.29) is 34.7 Å². The molecule has 9 nitrogen and oxygen atoms in total. The summed E-state index contributed by atoms with van der Waals surface area (Å²) in [7, 11) is 0. The molecule has 1 amide bonds. The molecule has 0 unspecified atom stereocenters. The first-order valence-corrected chi connectivity index (χ1v) is 11.2. The Morgan fingerprint density at radius 3 is 2.67 bits per heavy atom. The summed E-state index contributed by atoms with van der Waals surface area (Å²) in [5.74, 6) is -0.310. The first-order chi connectivity index (χ1) is 15.5. The Balaban J connectivity index is 1.63. The smallest absolute Gasteiger partial charge is 0.407 e. The zero-order valence-corrected chi connectivity index (χ0v) is 19.0. The summed E-state index contributed by atoms with van der Waals surface area (Å²) >= 11 is 0. The minimum absolute atomic E-state index is 0.0289. The van der Waals surface area contributed by atoms with E-state index in [1.54, 1.807) is 25.3 Å². The molecule has 2 heterocycles. The molecule has 1 N–H and O–H groups in total. The van der Waals surface area contributed by atoms with Crippen molar-refractivity contribution >= 4 is 28.5 Å². The number of halogens is 2. The predicted molar refractivity (Wildman–Crippen MR) is 119 cm³/mol. The number of alkyl carbamates (subject to hydrolysis) is 1. The van der Waals surface area contributed by atoms with Crippen molar-refractivity contribution < 1.29 is 23.2 Å². The number of hydrogen-bond donors (Lipinski definition) is 1. The number of ether oxygens (including phenoxy) is 1. The van der Waals surface area contributed by atoms with Crippen LogP contribution >= 0.6 is 0 Å². The van der Waals surface area contributed by atoms with Gasteiger partial charge in [0.2, 0.25) is 0 Å². The third-order valence-corrected chi connectivity index (χ3v) is 5.91. The van der Waals surface area contributed by atoms with Gasteiger partial charge in [0.05, 0.1) is 10.4 Å². The van der Waals surface area contributed by atoms with E-state index in [2.05, 4.69) is 10.3 Å². The Morgan fingerprint density at radius 1 is 1.33 bits per heavy atom. The topological polar surface area (TPSA) is 103 Å². The molecular weight excluding hydrogens is 436 g/mol. The summed E-state index contributed by atoms with van der Waals surface area (Å²) in [6.07, 6.45) is -0.123. The van der Waals surface area contributed by atoms with Crippen LogP contribution in [0.4, 0.5) is 25.0 Å². The summed E-state index contributed by atoms with van der Waals surface area (Å²) in [5, 5.41) is 14.6. The van der Waals surface area contributed by atoms with Crippen LogP contribution in [-0.4, -0.2) is 45.8 Å². The van der Waals surface area contributed by atoms with Crippen molar-refractivity contribution in [2.24, 2.45) is 5.92 Å². The van der Waals surface area contributed by atoms with Crippen LogP contribution in [-0.2, 0) is 4.74 Å².